The van der Waals surface area contributed by atoms with Gasteiger partial charge in [0, 0.05) is 20.0 Å². The molecule has 0 aromatic heterocycles. The van der Waals surface area contributed by atoms with Crippen molar-refractivity contribution in [2.75, 3.05) is 19.7 Å². The minimum Gasteiger partial charge on any atom is -0.466 e. The fraction of sp³-hybridized carbons (Fsp3) is 0.455. The lowest BCUT2D eigenvalue weighted by Gasteiger charge is -2.35. The van der Waals surface area contributed by atoms with Crippen LogP contribution in [0.3, 0.4) is 0 Å². The molecule has 2 rings (SSSR count). The molecule has 1 aliphatic rings. The second-order valence-electron chi connectivity index (χ2n) is 7.56. The van der Waals surface area contributed by atoms with Gasteiger partial charge in [-0.05, 0) is 24.0 Å². The molecule has 1 atom stereocenters. The summed E-state index contributed by atoms with van der Waals surface area (Å²) in [7, 11) is 0. The van der Waals surface area contributed by atoms with Crippen molar-refractivity contribution in [2.24, 2.45) is 5.92 Å². The number of esters is 1. The summed E-state index contributed by atoms with van der Waals surface area (Å²) < 4.78 is 5.21. The molecule has 3 amide bonds. The Morgan fingerprint density at radius 3 is 2.60 bits per heavy atom. The molecular formula is C22H29N3O5. The average Bonchev–Trinajstić information content (AvgIpc) is 2.68. The first-order valence-corrected chi connectivity index (χ1v) is 10.1. The minimum absolute atomic E-state index is 0.0431. The lowest BCUT2D eigenvalue weighted by atomic mass is 10.1. The van der Waals surface area contributed by atoms with Crippen molar-refractivity contribution in [3.8, 4) is 0 Å². The van der Waals surface area contributed by atoms with E-state index in [1.54, 1.807) is 18.2 Å². The highest BCUT2D eigenvalue weighted by atomic mass is 16.5. The molecule has 2 N–H and O–H groups in total. The molecule has 162 valence electrons. The Kier molecular flexibility index (Phi) is 8.58. The maximum Gasteiger partial charge on any atom is 0.308 e. The van der Waals surface area contributed by atoms with Crippen LogP contribution in [-0.4, -0.2) is 54.3 Å². The molecule has 8 heteroatoms. The fourth-order valence-electron chi connectivity index (χ4n) is 3.00. The maximum absolute atomic E-state index is 13.2. The molecule has 1 saturated heterocycles. The summed E-state index contributed by atoms with van der Waals surface area (Å²) in [6, 6.07) is 8.06. The number of ether oxygens (including phenoxy) is 1. The first-order valence-electron chi connectivity index (χ1n) is 10.1. The standard InChI is InChI=1S/C22H29N3O5/c1-15(2)9-12-30-20(27)14-19-21(28)23-10-11-25(19)22(29)18(24-16(3)26)13-17-7-5-4-6-8-17/h4-8,13,15,19H,9-12,14H2,1-3H3,(H,23,28)(H,24,26)/b18-13+. The van der Waals surface area contributed by atoms with Crippen LogP contribution < -0.4 is 10.6 Å². The molecule has 1 unspecified atom stereocenters. The van der Waals surface area contributed by atoms with E-state index in [4.69, 9.17) is 4.74 Å². The number of carbonyl (C=O) groups excluding carboxylic acids is 4. The highest BCUT2D eigenvalue weighted by Gasteiger charge is 2.36. The van der Waals surface area contributed by atoms with Crippen molar-refractivity contribution in [2.45, 2.75) is 39.7 Å². The van der Waals surface area contributed by atoms with Crippen LogP contribution in [0, 0.1) is 5.92 Å². The zero-order chi connectivity index (χ0) is 22.1. The highest BCUT2D eigenvalue weighted by molar-refractivity contribution is 6.03. The van der Waals surface area contributed by atoms with Gasteiger partial charge in [0.2, 0.25) is 11.8 Å². The van der Waals surface area contributed by atoms with Crippen LogP contribution in [0.1, 0.15) is 39.2 Å². The van der Waals surface area contributed by atoms with E-state index in [-0.39, 0.29) is 31.8 Å². The normalized spacial score (nSPS) is 16.8. The maximum atomic E-state index is 13.2. The average molecular weight is 415 g/mol. The highest BCUT2D eigenvalue weighted by Crippen LogP contribution is 2.15. The Bertz CT molecular complexity index is 804. The largest absolute Gasteiger partial charge is 0.466 e. The molecule has 1 fully saturated rings. The summed E-state index contributed by atoms with van der Waals surface area (Å²) in [5.41, 5.74) is 0.766. The zero-order valence-electron chi connectivity index (χ0n) is 17.6. The van der Waals surface area contributed by atoms with Gasteiger partial charge in [0.05, 0.1) is 13.0 Å². The Labute approximate surface area is 176 Å². The first kappa shape index (κ1) is 23.1. The second kappa shape index (κ2) is 11.1. The molecule has 0 bridgehead atoms. The molecule has 0 radical (unpaired) electrons. The van der Waals surface area contributed by atoms with Crippen molar-refractivity contribution in [3.05, 3.63) is 41.6 Å². The van der Waals surface area contributed by atoms with Gasteiger partial charge in [-0.25, -0.2) is 0 Å². The van der Waals surface area contributed by atoms with Gasteiger partial charge in [-0.3, -0.25) is 19.2 Å². The zero-order valence-corrected chi connectivity index (χ0v) is 17.6. The van der Waals surface area contributed by atoms with Crippen molar-refractivity contribution in [3.63, 3.8) is 0 Å². The number of nitrogens with one attached hydrogen (secondary N) is 2. The van der Waals surface area contributed by atoms with Gasteiger partial charge in [0.25, 0.3) is 5.91 Å². The number of nitrogens with zero attached hydrogens (tertiary/aromatic N) is 1. The van der Waals surface area contributed by atoms with E-state index in [2.05, 4.69) is 10.6 Å². The van der Waals surface area contributed by atoms with Crippen molar-refractivity contribution in [1.29, 1.82) is 0 Å². The van der Waals surface area contributed by atoms with Crippen molar-refractivity contribution < 1.29 is 23.9 Å². The summed E-state index contributed by atoms with van der Waals surface area (Å²) in [6.45, 7) is 6.10. The van der Waals surface area contributed by atoms with Gasteiger partial charge in [0.15, 0.2) is 0 Å². The summed E-state index contributed by atoms with van der Waals surface area (Å²) >= 11 is 0. The molecule has 1 heterocycles. The van der Waals surface area contributed by atoms with Crippen LogP contribution in [0.15, 0.2) is 36.0 Å². The molecule has 0 aliphatic carbocycles. The number of carbonyl (C=O) groups is 4. The van der Waals surface area contributed by atoms with Crippen LogP contribution in [-0.2, 0) is 23.9 Å². The Morgan fingerprint density at radius 2 is 1.97 bits per heavy atom. The lowest BCUT2D eigenvalue weighted by molar-refractivity contribution is -0.151. The van der Waals surface area contributed by atoms with E-state index in [1.165, 1.54) is 11.8 Å². The first-order chi connectivity index (χ1) is 14.3. The molecular weight excluding hydrogens is 386 g/mol. The number of hydrogen-bond donors (Lipinski definition) is 2. The Hall–Kier alpha value is -3.16. The number of rotatable bonds is 8. The minimum atomic E-state index is -0.995. The number of hydrogen-bond acceptors (Lipinski definition) is 5. The molecule has 30 heavy (non-hydrogen) atoms. The van der Waals surface area contributed by atoms with E-state index in [1.807, 2.05) is 32.0 Å². The monoisotopic (exact) mass is 415 g/mol. The van der Waals surface area contributed by atoms with Gasteiger partial charge < -0.3 is 20.3 Å². The third kappa shape index (κ3) is 7.02. The Morgan fingerprint density at radius 1 is 1.27 bits per heavy atom. The van der Waals surface area contributed by atoms with Crippen molar-refractivity contribution >= 4 is 29.8 Å². The van der Waals surface area contributed by atoms with Gasteiger partial charge in [-0.15, -0.1) is 0 Å². The quantitative estimate of drug-likeness (QED) is 0.494. The molecule has 1 aromatic carbocycles. The number of benzene rings is 1. The number of amides is 3. The smallest absolute Gasteiger partial charge is 0.308 e. The van der Waals surface area contributed by atoms with Crippen LogP contribution in [0.25, 0.3) is 6.08 Å². The van der Waals surface area contributed by atoms with Crippen LogP contribution in [0.5, 0.6) is 0 Å². The van der Waals surface area contributed by atoms with Crippen LogP contribution in [0.4, 0.5) is 0 Å². The summed E-state index contributed by atoms with van der Waals surface area (Å²) in [4.78, 5) is 50.8. The predicted molar refractivity (Wildman–Crippen MR) is 112 cm³/mol. The van der Waals surface area contributed by atoms with Crippen LogP contribution in [0.2, 0.25) is 0 Å². The molecule has 0 spiro atoms. The topological polar surface area (TPSA) is 105 Å². The SMILES string of the molecule is CC(=O)N/C(=C/c1ccccc1)C(=O)N1CCNC(=O)C1CC(=O)OCCC(C)C. The molecule has 1 aliphatic heterocycles. The molecule has 0 saturated carbocycles. The fourth-order valence-corrected chi connectivity index (χ4v) is 3.00. The third-order valence-corrected chi connectivity index (χ3v) is 4.56. The van der Waals surface area contributed by atoms with Gasteiger partial charge >= 0.3 is 5.97 Å². The third-order valence-electron chi connectivity index (χ3n) is 4.56. The predicted octanol–water partition coefficient (Wildman–Crippen LogP) is 1.47. The summed E-state index contributed by atoms with van der Waals surface area (Å²) in [5, 5.41) is 5.22. The lowest BCUT2D eigenvalue weighted by Crippen LogP contribution is -2.58. The second-order valence-corrected chi connectivity index (χ2v) is 7.56. The van der Waals surface area contributed by atoms with E-state index in [0.717, 1.165) is 12.0 Å². The summed E-state index contributed by atoms with van der Waals surface area (Å²) in [6.07, 6.45) is 2.03. The number of piperazine rings is 1. The van der Waals surface area contributed by atoms with E-state index >= 15 is 0 Å². The van der Waals surface area contributed by atoms with Gasteiger partial charge in [-0.2, -0.15) is 0 Å². The van der Waals surface area contributed by atoms with Crippen molar-refractivity contribution in [1.82, 2.24) is 15.5 Å². The summed E-state index contributed by atoms with van der Waals surface area (Å²) in [5.74, 6) is -1.50. The van der Waals surface area contributed by atoms with Crippen LogP contribution >= 0.6 is 0 Å². The molecule has 8 nitrogen and oxygen atoms in total. The Balaban J connectivity index is 2.19. The van der Waals surface area contributed by atoms with Gasteiger partial charge in [-0.1, -0.05) is 44.2 Å². The van der Waals surface area contributed by atoms with Gasteiger partial charge in [0.1, 0.15) is 11.7 Å². The molecule has 1 aromatic rings. The van der Waals surface area contributed by atoms with E-state index in [0.29, 0.717) is 5.92 Å². The van der Waals surface area contributed by atoms with E-state index in [9.17, 15) is 19.2 Å². The van der Waals surface area contributed by atoms with E-state index < -0.39 is 29.7 Å².